The van der Waals surface area contributed by atoms with Crippen LogP contribution in [0.4, 0.5) is 5.69 Å². The first-order chi connectivity index (χ1) is 9.93. The third kappa shape index (κ3) is 3.98. The summed E-state index contributed by atoms with van der Waals surface area (Å²) < 4.78 is 0.747. The van der Waals surface area contributed by atoms with E-state index in [1.54, 1.807) is 18.2 Å². The van der Waals surface area contributed by atoms with Crippen LogP contribution in [0, 0.1) is 5.41 Å². The van der Waals surface area contributed by atoms with Crippen molar-refractivity contribution in [3.8, 4) is 0 Å². The number of rotatable bonds is 4. The van der Waals surface area contributed by atoms with Gasteiger partial charge in [-0.25, -0.2) is 0 Å². The number of nitrogens with one attached hydrogen (secondary N) is 1. The summed E-state index contributed by atoms with van der Waals surface area (Å²) in [5.74, 6) is -1.15. The fourth-order valence-corrected chi connectivity index (χ4v) is 3.21. The minimum absolute atomic E-state index is 0.00994. The third-order valence-electron chi connectivity index (χ3n) is 3.97. The Morgan fingerprint density at radius 3 is 2.52 bits per heavy atom. The van der Waals surface area contributed by atoms with Gasteiger partial charge in [-0.05, 0) is 47.0 Å². The predicted octanol–water partition coefficient (Wildman–Crippen LogP) is 4.47. The molecule has 1 saturated carbocycles. The van der Waals surface area contributed by atoms with Gasteiger partial charge in [-0.15, -0.1) is 0 Å². The first-order valence-corrected chi connectivity index (χ1v) is 8.08. The topological polar surface area (TPSA) is 66.4 Å². The molecule has 0 aromatic heterocycles. The lowest BCUT2D eigenvalue weighted by atomic mass is 9.71. The molecule has 1 fully saturated rings. The third-order valence-corrected chi connectivity index (χ3v) is 5.20. The number of benzene rings is 1. The molecule has 1 aliphatic rings. The first kappa shape index (κ1) is 16.3. The number of carboxylic acid groups (broad SMARTS) is 1. The van der Waals surface area contributed by atoms with Crippen molar-refractivity contribution in [3.05, 3.63) is 27.7 Å². The number of hydrogen-bond donors (Lipinski definition) is 2. The van der Waals surface area contributed by atoms with Gasteiger partial charge in [0.15, 0.2) is 0 Å². The van der Waals surface area contributed by atoms with Gasteiger partial charge in [0.2, 0.25) is 5.91 Å². The van der Waals surface area contributed by atoms with Gasteiger partial charge in [-0.1, -0.05) is 30.9 Å². The molecule has 0 bridgehead atoms. The van der Waals surface area contributed by atoms with Crippen LogP contribution in [0.15, 0.2) is 22.7 Å². The summed E-state index contributed by atoms with van der Waals surface area (Å²) in [5.41, 5.74) is -0.342. The Balaban J connectivity index is 2.05. The Bertz CT molecular complexity index is 556. The standard InChI is InChI=1S/C15H17BrClNO3/c16-11-5-4-10(8-12(11)17)18-13(19)9-15(14(20)21)6-2-1-3-7-15/h4-5,8H,1-3,6-7,9H2,(H,18,19)(H,20,21). The molecule has 6 heteroatoms. The van der Waals surface area contributed by atoms with Gasteiger partial charge in [0.25, 0.3) is 0 Å². The van der Waals surface area contributed by atoms with Gasteiger partial charge in [0.1, 0.15) is 0 Å². The van der Waals surface area contributed by atoms with Crippen molar-refractivity contribution >= 4 is 45.1 Å². The lowest BCUT2D eigenvalue weighted by molar-refractivity contribution is -0.153. The van der Waals surface area contributed by atoms with Crippen molar-refractivity contribution in [2.24, 2.45) is 5.41 Å². The van der Waals surface area contributed by atoms with E-state index in [2.05, 4.69) is 21.2 Å². The highest BCUT2D eigenvalue weighted by Crippen LogP contribution is 2.40. The second-order valence-corrected chi connectivity index (χ2v) is 6.76. The van der Waals surface area contributed by atoms with Crippen LogP contribution in [-0.4, -0.2) is 17.0 Å². The second-order valence-electron chi connectivity index (χ2n) is 5.50. The number of aliphatic carboxylic acids is 1. The van der Waals surface area contributed by atoms with Crippen LogP contribution in [0.25, 0.3) is 0 Å². The van der Waals surface area contributed by atoms with E-state index in [1.807, 2.05) is 0 Å². The SMILES string of the molecule is O=C(CC1(C(=O)O)CCCCC1)Nc1ccc(Br)c(Cl)c1. The largest absolute Gasteiger partial charge is 0.481 e. The zero-order valence-electron chi connectivity index (χ0n) is 11.5. The highest BCUT2D eigenvalue weighted by molar-refractivity contribution is 9.10. The van der Waals surface area contributed by atoms with E-state index in [1.165, 1.54) is 0 Å². The molecule has 21 heavy (non-hydrogen) atoms. The van der Waals surface area contributed by atoms with E-state index in [9.17, 15) is 14.7 Å². The Labute approximate surface area is 137 Å². The lowest BCUT2D eigenvalue weighted by Gasteiger charge is -2.32. The monoisotopic (exact) mass is 373 g/mol. The molecule has 0 radical (unpaired) electrons. The number of hydrogen-bond acceptors (Lipinski definition) is 2. The molecule has 4 nitrogen and oxygen atoms in total. The average molecular weight is 375 g/mol. The molecule has 0 saturated heterocycles. The Hall–Kier alpha value is -1.07. The predicted molar refractivity (Wildman–Crippen MR) is 85.6 cm³/mol. The Morgan fingerprint density at radius 1 is 1.29 bits per heavy atom. The number of carbonyl (C=O) groups is 2. The maximum Gasteiger partial charge on any atom is 0.310 e. The van der Waals surface area contributed by atoms with Crippen LogP contribution in [0.1, 0.15) is 38.5 Å². The lowest BCUT2D eigenvalue weighted by Crippen LogP contribution is -2.37. The second kappa shape index (κ2) is 6.79. The minimum atomic E-state index is -0.915. The highest BCUT2D eigenvalue weighted by atomic mass is 79.9. The number of carbonyl (C=O) groups excluding carboxylic acids is 1. The zero-order valence-corrected chi connectivity index (χ0v) is 13.8. The zero-order chi connectivity index (χ0) is 15.5. The van der Waals surface area contributed by atoms with E-state index >= 15 is 0 Å². The van der Waals surface area contributed by atoms with Gasteiger partial charge in [-0.3, -0.25) is 9.59 Å². The van der Waals surface area contributed by atoms with Gasteiger partial charge in [0, 0.05) is 16.6 Å². The summed E-state index contributed by atoms with van der Waals surface area (Å²) in [7, 11) is 0. The molecule has 2 N–H and O–H groups in total. The number of anilines is 1. The summed E-state index contributed by atoms with van der Waals surface area (Å²) in [5, 5.41) is 12.7. The van der Waals surface area contributed by atoms with Crippen molar-refractivity contribution in [1.82, 2.24) is 0 Å². The normalized spacial score (nSPS) is 17.2. The minimum Gasteiger partial charge on any atom is -0.481 e. The molecule has 114 valence electrons. The fourth-order valence-electron chi connectivity index (χ4n) is 2.78. The number of halogens is 2. The summed E-state index contributed by atoms with van der Waals surface area (Å²) >= 11 is 9.26. The molecule has 1 aliphatic carbocycles. The molecule has 2 rings (SSSR count). The van der Waals surface area contributed by atoms with Crippen molar-refractivity contribution in [2.75, 3.05) is 5.32 Å². The Kier molecular flexibility index (Phi) is 5.27. The smallest absolute Gasteiger partial charge is 0.310 e. The van der Waals surface area contributed by atoms with Crippen LogP contribution >= 0.6 is 27.5 Å². The molecule has 0 atom stereocenters. The van der Waals surface area contributed by atoms with Gasteiger partial charge in [-0.2, -0.15) is 0 Å². The highest BCUT2D eigenvalue weighted by Gasteiger charge is 2.41. The average Bonchev–Trinajstić information content (AvgIpc) is 2.43. The van der Waals surface area contributed by atoms with Crippen LogP contribution in [0.2, 0.25) is 5.02 Å². The van der Waals surface area contributed by atoms with Crippen LogP contribution < -0.4 is 5.32 Å². The van der Waals surface area contributed by atoms with Gasteiger partial charge in [0.05, 0.1) is 10.4 Å². The summed E-state index contributed by atoms with van der Waals surface area (Å²) in [6.07, 6.45) is 3.91. The molecule has 1 amide bonds. The summed E-state index contributed by atoms with van der Waals surface area (Å²) in [6.45, 7) is 0. The fraction of sp³-hybridized carbons (Fsp3) is 0.467. The van der Waals surface area contributed by atoms with Crippen molar-refractivity contribution < 1.29 is 14.7 Å². The van der Waals surface area contributed by atoms with E-state index in [-0.39, 0.29) is 12.3 Å². The quantitative estimate of drug-likeness (QED) is 0.817. The van der Waals surface area contributed by atoms with Crippen molar-refractivity contribution in [2.45, 2.75) is 38.5 Å². The molecule has 0 unspecified atom stereocenters. The molecular formula is C15H17BrClNO3. The first-order valence-electron chi connectivity index (χ1n) is 6.91. The molecule has 0 heterocycles. The Morgan fingerprint density at radius 2 is 1.95 bits per heavy atom. The van der Waals surface area contributed by atoms with Crippen molar-refractivity contribution in [3.63, 3.8) is 0 Å². The summed E-state index contributed by atoms with van der Waals surface area (Å²) in [4.78, 5) is 23.7. The molecule has 1 aromatic carbocycles. The van der Waals surface area contributed by atoms with Gasteiger partial charge >= 0.3 is 5.97 Å². The van der Waals surface area contributed by atoms with Crippen LogP contribution in [0.3, 0.4) is 0 Å². The maximum absolute atomic E-state index is 12.2. The van der Waals surface area contributed by atoms with E-state index in [0.29, 0.717) is 23.6 Å². The van der Waals surface area contributed by atoms with Gasteiger partial charge < -0.3 is 10.4 Å². The molecular weight excluding hydrogens is 358 g/mol. The van der Waals surface area contributed by atoms with E-state index in [0.717, 1.165) is 23.7 Å². The van der Waals surface area contributed by atoms with E-state index in [4.69, 9.17) is 11.6 Å². The molecule has 0 spiro atoms. The molecule has 0 aliphatic heterocycles. The molecule has 1 aromatic rings. The summed E-state index contributed by atoms with van der Waals surface area (Å²) in [6, 6.07) is 5.10. The van der Waals surface area contributed by atoms with Crippen molar-refractivity contribution in [1.29, 1.82) is 0 Å². The van der Waals surface area contributed by atoms with E-state index < -0.39 is 11.4 Å². The number of amides is 1. The van der Waals surface area contributed by atoms with Crippen LogP contribution in [-0.2, 0) is 9.59 Å². The maximum atomic E-state index is 12.2. The number of carboxylic acids is 1. The van der Waals surface area contributed by atoms with Crippen LogP contribution in [0.5, 0.6) is 0 Å².